The molecule has 0 amide bonds. The number of phenols is 1. The highest BCUT2D eigenvalue weighted by molar-refractivity contribution is 5.87. The second-order valence-corrected chi connectivity index (χ2v) is 17.5. The van der Waals surface area contributed by atoms with Crippen LogP contribution in [0.25, 0.3) is 6.08 Å². The molecule has 9 atom stereocenters. The van der Waals surface area contributed by atoms with Gasteiger partial charge in [-0.2, -0.15) is 0 Å². The van der Waals surface area contributed by atoms with Crippen molar-refractivity contribution in [1.29, 1.82) is 0 Å². The Bertz CT molecular complexity index is 1280. The van der Waals surface area contributed by atoms with Crippen LogP contribution in [0.3, 0.4) is 0 Å². The lowest BCUT2D eigenvalue weighted by molar-refractivity contribution is -0.179. The molecule has 0 aliphatic heterocycles. The van der Waals surface area contributed by atoms with E-state index >= 15 is 0 Å². The molecule has 0 heterocycles. The van der Waals surface area contributed by atoms with Crippen molar-refractivity contribution in [3.63, 3.8) is 0 Å². The monoisotopic (exact) mass is 604 g/mol. The lowest BCUT2D eigenvalue weighted by Gasteiger charge is -2.63. The SMILES string of the molecule is COc1cc(C=CC(=O)O[C@H]2CC[C@@]34C[C@@]35CC[C@]3(C)[C@@H]([C@H](C)CCCC(C)C)CC[C@@]3(C)[C@H]5CC[C@H]4C2(C)C)ccc1O. The third kappa shape index (κ3) is 4.69. The summed E-state index contributed by atoms with van der Waals surface area (Å²) in [6, 6.07) is 5.09. The van der Waals surface area contributed by atoms with E-state index in [1.807, 2.05) is 0 Å². The average Bonchev–Trinajstić information content (AvgIpc) is 3.55. The summed E-state index contributed by atoms with van der Waals surface area (Å²) in [5, 5.41) is 9.88. The van der Waals surface area contributed by atoms with E-state index in [1.165, 1.54) is 83.8 Å². The zero-order valence-electron chi connectivity index (χ0n) is 29.0. The smallest absolute Gasteiger partial charge is 0.331 e. The molecule has 0 unspecified atom stereocenters. The molecule has 2 spiro atoms. The molecule has 5 saturated carbocycles. The van der Waals surface area contributed by atoms with Gasteiger partial charge in [-0.05, 0) is 133 Å². The predicted molar refractivity (Wildman–Crippen MR) is 178 cm³/mol. The van der Waals surface area contributed by atoms with Crippen molar-refractivity contribution >= 4 is 12.0 Å². The molecule has 0 radical (unpaired) electrons. The Morgan fingerprint density at radius 2 is 1.66 bits per heavy atom. The molecule has 1 aromatic rings. The van der Waals surface area contributed by atoms with Gasteiger partial charge in [-0.25, -0.2) is 4.79 Å². The summed E-state index contributed by atoms with van der Waals surface area (Å²) >= 11 is 0. The summed E-state index contributed by atoms with van der Waals surface area (Å²) in [6.07, 6.45) is 19.4. The number of ether oxygens (including phenoxy) is 2. The number of carbonyl (C=O) groups is 1. The number of methoxy groups -OCH3 is 1. The van der Waals surface area contributed by atoms with Crippen molar-refractivity contribution in [2.75, 3.05) is 7.11 Å². The number of esters is 1. The Kier molecular flexibility index (Phi) is 8.06. The molecule has 0 saturated heterocycles. The molecule has 1 N–H and O–H groups in total. The van der Waals surface area contributed by atoms with Gasteiger partial charge in [0, 0.05) is 11.5 Å². The van der Waals surface area contributed by atoms with E-state index in [-0.39, 0.29) is 23.2 Å². The van der Waals surface area contributed by atoms with Crippen LogP contribution in [0.2, 0.25) is 0 Å². The minimum atomic E-state index is -0.272. The lowest BCUT2D eigenvalue weighted by atomic mass is 9.41. The van der Waals surface area contributed by atoms with Gasteiger partial charge >= 0.3 is 5.97 Å². The fraction of sp³-hybridized carbons (Fsp3) is 0.775. The molecule has 5 aliphatic rings. The number of fused-ring (bicyclic) bond motifs is 2. The Morgan fingerprint density at radius 3 is 2.39 bits per heavy atom. The van der Waals surface area contributed by atoms with E-state index in [0.29, 0.717) is 33.3 Å². The van der Waals surface area contributed by atoms with Gasteiger partial charge in [0.15, 0.2) is 11.5 Å². The maximum Gasteiger partial charge on any atom is 0.331 e. The summed E-state index contributed by atoms with van der Waals surface area (Å²) in [5.41, 5.74) is 2.69. The first-order valence-corrected chi connectivity index (χ1v) is 18.0. The Balaban J connectivity index is 1.14. The molecule has 44 heavy (non-hydrogen) atoms. The molecule has 5 fully saturated rings. The summed E-state index contributed by atoms with van der Waals surface area (Å²) in [6.45, 7) is 17.6. The molecule has 4 heteroatoms. The topological polar surface area (TPSA) is 55.8 Å². The second-order valence-electron chi connectivity index (χ2n) is 17.5. The van der Waals surface area contributed by atoms with Gasteiger partial charge in [0.05, 0.1) is 7.11 Å². The largest absolute Gasteiger partial charge is 0.504 e. The van der Waals surface area contributed by atoms with Crippen molar-refractivity contribution in [3.8, 4) is 11.5 Å². The van der Waals surface area contributed by atoms with Crippen LogP contribution in [0.5, 0.6) is 11.5 Å². The van der Waals surface area contributed by atoms with Crippen molar-refractivity contribution in [2.24, 2.45) is 56.7 Å². The van der Waals surface area contributed by atoms with E-state index in [9.17, 15) is 9.90 Å². The molecular formula is C40H60O4. The van der Waals surface area contributed by atoms with Crippen molar-refractivity contribution in [2.45, 2.75) is 132 Å². The van der Waals surface area contributed by atoms with Crippen LogP contribution in [0.4, 0.5) is 0 Å². The number of hydrogen-bond acceptors (Lipinski definition) is 4. The van der Waals surface area contributed by atoms with E-state index in [4.69, 9.17) is 9.47 Å². The molecule has 1 aromatic carbocycles. The maximum absolute atomic E-state index is 13.1. The van der Waals surface area contributed by atoms with E-state index in [1.54, 1.807) is 24.3 Å². The Hall–Kier alpha value is -1.97. The van der Waals surface area contributed by atoms with Crippen LogP contribution in [0.1, 0.15) is 131 Å². The number of hydrogen-bond donors (Lipinski definition) is 1. The molecule has 0 bridgehead atoms. The van der Waals surface area contributed by atoms with Gasteiger partial charge in [0.2, 0.25) is 0 Å². The van der Waals surface area contributed by atoms with E-state index in [2.05, 4.69) is 48.5 Å². The molecule has 6 rings (SSSR count). The van der Waals surface area contributed by atoms with Crippen molar-refractivity contribution in [1.82, 2.24) is 0 Å². The highest BCUT2D eigenvalue weighted by Crippen LogP contribution is 2.89. The van der Waals surface area contributed by atoms with Gasteiger partial charge in [-0.15, -0.1) is 0 Å². The summed E-state index contributed by atoms with van der Waals surface area (Å²) < 4.78 is 11.5. The van der Waals surface area contributed by atoms with Gasteiger partial charge in [-0.1, -0.05) is 73.8 Å². The van der Waals surface area contributed by atoms with Crippen LogP contribution in [0, 0.1) is 56.7 Å². The summed E-state index contributed by atoms with van der Waals surface area (Å²) in [7, 11) is 1.53. The first-order chi connectivity index (χ1) is 20.7. The number of benzene rings is 1. The summed E-state index contributed by atoms with van der Waals surface area (Å²) in [4.78, 5) is 13.1. The summed E-state index contributed by atoms with van der Waals surface area (Å²) in [5.74, 6) is 4.24. The second kappa shape index (κ2) is 11.1. The van der Waals surface area contributed by atoms with Gasteiger partial charge < -0.3 is 14.6 Å². The Labute approximate surface area is 267 Å². The number of aromatic hydroxyl groups is 1. The van der Waals surface area contributed by atoms with Crippen LogP contribution in [-0.2, 0) is 9.53 Å². The first kappa shape index (κ1) is 32.0. The van der Waals surface area contributed by atoms with Gasteiger partial charge in [-0.3, -0.25) is 0 Å². The fourth-order valence-electron chi connectivity index (χ4n) is 12.7. The van der Waals surface area contributed by atoms with Gasteiger partial charge in [0.25, 0.3) is 0 Å². The zero-order valence-corrected chi connectivity index (χ0v) is 29.0. The van der Waals surface area contributed by atoms with Crippen LogP contribution in [-0.4, -0.2) is 24.3 Å². The van der Waals surface area contributed by atoms with Gasteiger partial charge in [0.1, 0.15) is 6.10 Å². The third-order valence-corrected chi connectivity index (χ3v) is 15.1. The van der Waals surface area contributed by atoms with Crippen LogP contribution in [0.15, 0.2) is 24.3 Å². The average molecular weight is 605 g/mol. The van der Waals surface area contributed by atoms with Crippen molar-refractivity contribution in [3.05, 3.63) is 29.8 Å². The minimum absolute atomic E-state index is 0.0250. The normalized spacial score (nSPS) is 40.9. The van der Waals surface area contributed by atoms with Crippen molar-refractivity contribution < 1.29 is 19.4 Å². The lowest BCUT2D eigenvalue weighted by Crippen LogP contribution is -2.58. The molecule has 0 aromatic heterocycles. The third-order valence-electron chi connectivity index (χ3n) is 15.1. The van der Waals surface area contributed by atoms with Crippen LogP contribution >= 0.6 is 0 Å². The fourth-order valence-corrected chi connectivity index (χ4v) is 12.7. The minimum Gasteiger partial charge on any atom is -0.504 e. The number of phenolic OH excluding ortho intramolecular Hbond substituents is 1. The Morgan fingerprint density at radius 1 is 0.932 bits per heavy atom. The standard InChI is InChI=1S/C40H60O4/c1-26(2)10-9-11-27(3)29-18-20-38(7)33-16-15-32-36(4,5)34(19-21-39(32)25-40(33,39)23-22-37(29,38)6)44-35(42)17-13-28-12-14-30(41)31(24-28)43-8/h12-14,17,24,26-27,29,32-34,41H,9-11,15-16,18-23,25H2,1-8H3/t27-,29-,32+,33-,34+,37-,38+,39+,40-/m1/s1. The van der Waals surface area contributed by atoms with Crippen LogP contribution < -0.4 is 4.74 Å². The predicted octanol–water partition coefficient (Wildman–Crippen LogP) is 10.2. The molecule has 5 aliphatic carbocycles. The zero-order chi connectivity index (χ0) is 31.7. The highest BCUT2D eigenvalue weighted by Gasteiger charge is 2.82. The van der Waals surface area contributed by atoms with E-state index < -0.39 is 0 Å². The number of rotatable bonds is 9. The molecule has 4 nitrogen and oxygen atoms in total. The number of carbonyl (C=O) groups excluding carboxylic acids is 1. The first-order valence-electron chi connectivity index (χ1n) is 18.0. The molecular weight excluding hydrogens is 544 g/mol. The van der Waals surface area contributed by atoms with E-state index in [0.717, 1.165) is 35.7 Å². The molecule has 244 valence electrons. The highest BCUT2D eigenvalue weighted by atomic mass is 16.5. The maximum atomic E-state index is 13.1. The quantitative estimate of drug-likeness (QED) is 0.225.